The van der Waals surface area contributed by atoms with Crippen LogP contribution in [0.25, 0.3) is 0 Å². The Kier molecular flexibility index (Phi) is 4.66. The number of anilines is 1. The summed E-state index contributed by atoms with van der Waals surface area (Å²) in [5.41, 5.74) is 1.63. The zero-order valence-electron chi connectivity index (χ0n) is 9.86. The van der Waals surface area contributed by atoms with Gasteiger partial charge < -0.3 is 15.7 Å². The van der Waals surface area contributed by atoms with Gasteiger partial charge in [-0.1, -0.05) is 17.7 Å². The van der Waals surface area contributed by atoms with E-state index < -0.39 is 17.9 Å². The Balaban J connectivity index is 2.48. The first-order valence-corrected chi connectivity index (χ1v) is 5.33. The van der Waals surface area contributed by atoms with Crippen LogP contribution in [0.5, 0.6) is 0 Å². The fraction of sp³-hybridized carbons (Fsp3) is 0.333. The van der Waals surface area contributed by atoms with Crippen molar-refractivity contribution in [3.63, 3.8) is 0 Å². The number of carbonyl (C=O) groups excluding carboxylic acids is 2. The van der Waals surface area contributed by atoms with Gasteiger partial charge in [-0.15, -0.1) is 0 Å². The monoisotopic (exact) mass is 236 g/mol. The van der Waals surface area contributed by atoms with Crippen LogP contribution in [0.15, 0.2) is 24.3 Å². The highest BCUT2D eigenvalue weighted by molar-refractivity contribution is 6.39. The maximum atomic E-state index is 11.4. The van der Waals surface area contributed by atoms with Crippen molar-refractivity contribution in [3.05, 3.63) is 29.8 Å². The molecule has 0 aliphatic rings. The fourth-order valence-corrected chi connectivity index (χ4v) is 1.15. The molecule has 0 spiro atoms. The molecule has 1 aromatic carbocycles. The van der Waals surface area contributed by atoms with E-state index in [0.717, 1.165) is 5.56 Å². The minimum Gasteiger partial charge on any atom is -0.392 e. The Morgan fingerprint density at radius 1 is 1.24 bits per heavy atom. The molecule has 3 N–H and O–H groups in total. The third kappa shape index (κ3) is 4.65. The second kappa shape index (κ2) is 6.00. The normalized spacial score (nSPS) is 11.7. The Morgan fingerprint density at radius 3 is 2.35 bits per heavy atom. The van der Waals surface area contributed by atoms with E-state index in [4.69, 9.17) is 5.11 Å². The molecule has 0 aromatic heterocycles. The maximum Gasteiger partial charge on any atom is 0.313 e. The van der Waals surface area contributed by atoms with Crippen molar-refractivity contribution in [1.82, 2.24) is 5.32 Å². The molecule has 17 heavy (non-hydrogen) atoms. The molecular weight excluding hydrogens is 220 g/mol. The number of hydrogen-bond donors (Lipinski definition) is 3. The number of amides is 2. The SMILES string of the molecule is Cc1ccc(NC(=O)C(=O)NCC(C)O)cc1. The average Bonchev–Trinajstić information content (AvgIpc) is 2.28. The van der Waals surface area contributed by atoms with E-state index in [1.807, 2.05) is 19.1 Å². The lowest BCUT2D eigenvalue weighted by molar-refractivity contribution is -0.136. The largest absolute Gasteiger partial charge is 0.392 e. The molecule has 0 bridgehead atoms. The quantitative estimate of drug-likeness (QED) is 0.666. The molecule has 1 unspecified atom stereocenters. The van der Waals surface area contributed by atoms with E-state index in [1.165, 1.54) is 6.92 Å². The van der Waals surface area contributed by atoms with Gasteiger partial charge in [-0.2, -0.15) is 0 Å². The van der Waals surface area contributed by atoms with Gasteiger partial charge in [0.05, 0.1) is 6.10 Å². The first-order valence-electron chi connectivity index (χ1n) is 5.33. The third-order valence-corrected chi connectivity index (χ3v) is 2.07. The third-order valence-electron chi connectivity index (χ3n) is 2.07. The number of aliphatic hydroxyl groups is 1. The second-order valence-electron chi connectivity index (χ2n) is 3.88. The number of rotatable bonds is 3. The van der Waals surface area contributed by atoms with E-state index in [0.29, 0.717) is 5.69 Å². The molecule has 1 rings (SSSR count). The van der Waals surface area contributed by atoms with Crippen molar-refractivity contribution in [2.75, 3.05) is 11.9 Å². The summed E-state index contributed by atoms with van der Waals surface area (Å²) in [6.07, 6.45) is -0.675. The van der Waals surface area contributed by atoms with Gasteiger partial charge >= 0.3 is 11.8 Å². The summed E-state index contributed by atoms with van der Waals surface area (Å²) in [5.74, 6) is -1.50. The molecule has 5 nitrogen and oxygen atoms in total. The summed E-state index contributed by atoms with van der Waals surface area (Å²) in [7, 11) is 0. The van der Waals surface area contributed by atoms with E-state index in [2.05, 4.69) is 10.6 Å². The minimum absolute atomic E-state index is 0.0557. The van der Waals surface area contributed by atoms with E-state index in [1.54, 1.807) is 12.1 Å². The van der Waals surface area contributed by atoms with Crippen LogP contribution in [0.2, 0.25) is 0 Å². The van der Waals surface area contributed by atoms with Crippen LogP contribution in [0.1, 0.15) is 12.5 Å². The van der Waals surface area contributed by atoms with Gasteiger partial charge in [0.2, 0.25) is 0 Å². The zero-order valence-corrected chi connectivity index (χ0v) is 9.86. The highest BCUT2D eigenvalue weighted by Gasteiger charge is 2.13. The van der Waals surface area contributed by atoms with E-state index in [-0.39, 0.29) is 6.54 Å². The van der Waals surface area contributed by atoms with Gasteiger partial charge in [0.25, 0.3) is 0 Å². The van der Waals surface area contributed by atoms with Gasteiger partial charge in [-0.25, -0.2) is 0 Å². The number of benzene rings is 1. The molecule has 0 aliphatic heterocycles. The highest BCUT2D eigenvalue weighted by atomic mass is 16.3. The summed E-state index contributed by atoms with van der Waals surface area (Å²) >= 11 is 0. The minimum atomic E-state index is -0.758. The van der Waals surface area contributed by atoms with Gasteiger partial charge in [0.1, 0.15) is 0 Å². The summed E-state index contributed by atoms with van der Waals surface area (Å²) in [6, 6.07) is 7.11. The molecule has 0 aliphatic carbocycles. The predicted molar refractivity (Wildman–Crippen MR) is 64.5 cm³/mol. The lowest BCUT2D eigenvalue weighted by Gasteiger charge is -2.07. The molecular formula is C12H16N2O3. The van der Waals surface area contributed by atoms with E-state index >= 15 is 0 Å². The van der Waals surface area contributed by atoms with Crippen molar-refractivity contribution >= 4 is 17.5 Å². The summed E-state index contributed by atoms with van der Waals surface area (Å²) in [5, 5.41) is 13.7. The van der Waals surface area contributed by atoms with Gasteiger partial charge in [-0.05, 0) is 26.0 Å². The Morgan fingerprint density at radius 2 is 1.82 bits per heavy atom. The molecule has 92 valence electrons. The topological polar surface area (TPSA) is 78.4 Å². The molecule has 2 amide bonds. The highest BCUT2D eigenvalue weighted by Crippen LogP contribution is 2.07. The standard InChI is InChI=1S/C12H16N2O3/c1-8-3-5-10(6-4-8)14-12(17)11(16)13-7-9(2)15/h3-6,9,15H,7H2,1-2H3,(H,13,16)(H,14,17). The number of aliphatic hydroxyl groups excluding tert-OH is 1. The first kappa shape index (κ1) is 13.2. The molecule has 0 heterocycles. The molecule has 1 aromatic rings. The molecule has 0 radical (unpaired) electrons. The Hall–Kier alpha value is -1.88. The van der Waals surface area contributed by atoms with Gasteiger partial charge in [0.15, 0.2) is 0 Å². The zero-order chi connectivity index (χ0) is 12.8. The van der Waals surface area contributed by atoms with Crippen molar-refractivity contribution in [3.8, 4) is 0 Å². The summed E-state index contributed by atoms with van der Waals surface area (Å²) in [4.78, 5) is 22.7. The number of nitrogens with one attached hydrogen (secondary N) is 2. The second-order valence-corrected chi connectivity index (χ2v) is 3.88. The molecule has 0 saturated carbocycles. The molecule has 0 fully saturated rings. The summed E-state index contributed by atoms with van der Waals surface area (Å²) < 4.78 is 0. The van der Waals surface area contributed by atoms with Crippen molar-refractivity contribution in [1.29, 1.82) is 0 Å². The lowest BCUT2D eigenvalue weighted by Crippen LogP contribution is -2.38. The van der Waals surface area contributed by atoms with Gasteiger partial charge in [-0.3, -0.25) is 9.59 Å². The first-order chi connectivity index (χ1) is 7.99. The number of aryl methyl sites for hydroxylation is 1. The number of carbonyl (C=O) groups is 2. The predicted octanol–water partition coefficient (Wildman–Crippen LogP) is 0.431. The molecule has 0 saturated heterocycles. The van der Waals surface area contributed by atoms with Crippen molar-refractivity contribution in [2.24, 2.45) is 0 Å². The smallest absolute Gasteiger partial charge is 0.313 e. The van der Waals surface area contributed by atoms with Crippen LogP contribution in [-0.4, -0.2) is 29.6 Å². The van der Waals surface area contributed by atoms with Crippen LogP contribution in [0.3, 0.4) is 0 Å². The van der Waals surface area contributed by atoms with Gasteiger partial charge in [0, 0.05) is 12.2 Å². The van der Waals surface area contributed by atoms with E-state index in [9.17, 15) is 9.59 Å². The molecule has 5 heteroatoms. The van der Waals surface area contributed by atoms with Crippen LogP contribution in [-0.2, 0) is 9.59 Å². The van der Waals surface area contributed by atoms with Crippen LogP contribution in [0, 0.1) is 6.92 Å². The van der Waals surface area contributed by atoms with Crippen LogP contribution in [0.4, 0.5) is 5.69 Å². The van der Waals surface area contributed by atoms with Crippen LogP contribution >= 0.6 is 0 Å². The average molecular weight is 236 g/mol. The van der Waals surface area contributed by atoms with Crippen molar-refractivity contribution < 1.29 is 14.7 Å². The van der Waals surface area contributed by atoms with Crippen LogP contribution < -0.4 is 10.6 Å². The summed E-state index contributed by atoms with van der Waals surface area (Å²) in [6.45, 7) is 3.51. The fourth-order valence-electron chi connectivity index (χ4n) is 1.15. The Labute approximate surface area is 99.8 Å². The number of hydrogen-bond acceptors (Lipinski definition) is 3. The lowest BCUT2D eigenvalue weighted by atomic mass is 10.2. The van der Waals surface area contributed by atoms with Crippen molar-refractivity contribution in [2.45, 2.75) is 20.0 Å². The molecule has 1 atom stereocenters. The maximum absolute atomic E-state index is 11.4. The Bertz CT molecular complexity index is 399.